The van der Waals surface area contributed by atoms with Crippen molar-refractivity contribution in [2.24, 2.45) is 5.73 Å². The summed E-state index contributed by atoms with van der Waals surface area (Å²) in [5, 5.41) is 0.652. The minimum Gasteiger partial charge on any atom is -0.324 e. The van der Waals surface area contributed by atoms with Gasteiger partial charge in [-0.2, -0.15) is 0 Å². The predicted molar refractivity (Wildman–Crippen MR) is 73.2 cm³/mol. The molecular weight excluding hydrogens is 249 g/mol. The number of benzene rings is 2. The molecule has 0 bridgehead atoms. The van der Waals surface area contributed by atoms with Crippen molar-refractivity contribution in [3.63, 3.8) is 0 Å². The van der Waals surface area contributed by atoms with E-state index in [0.29, 0.717) is 17.0 Å². The maximum absolute atomic E-state index is 13.6. The van der Waals surface area contributed by atoms with Crippen LogP contribution in [0.25, 0.3) is 0 Å². The van der Waals surface area contributed by atoms with Crippen LogP contribution >= 0.6 is 11.6 Å². The van der Waals surface area contributed by atoms with Crippen molar-refractivity contribution in [2.45, 2.75) is 19.4 Å². The molecule has 0 saturated carbocycles. The molecule has 0 saturated heterocycles. The lowest BCUT2D eigenvalue weighted by Gasteiger charge is -2.15. The highest BCUT2D eigenvalue weighted by atomic mass is 35.5. The Balaban J connectivity index is 2.25. The molecule has 0 amide bonds. The molecular formula is C15H15ClFN. The van der Waals surface area contributed by atoms with Crippen LogP contribution in [0.1, 0.15) is 22.7 Å². The highest BCUT2D eigenvalue weighted by Crippen LogP contribution is 2.24. The monoisotopic (exact) mass is 263 g/mol. The van der Waals surface area contributed by atoms with Crippen LogP contribution in [0.4, 0.5) is 4.39 Å². The van der Waals surface area contributed by atoms with Gasteiger partial charge in [-0.3, -0.25) is 0 Å². The van der Waals surface area contributed by atoms with Gasteiger partial charge in [0.2, 0.25) is 0 Å². The number of halogens is 2. The Morgan fingerprint density at radius 2 is 1.94 bits per heavy atom. The van der Waals surface area contributed by atoms with Crippen LogP contribution < -0.4 is 5.73 Å². The summed E-state index contributed by atoms with van der Waals surface area (Å²) in [5.41, 5.74) is 8.81. The molecule has 0 aromatic heterocycles. The molecule has 2 N–H and O–H groups in total. The first kappa shape index (κ1) is 13.1. The SMILES string of the molecule is Cc1ccc(Cl)cc1C(N)Cc1ccccc1F. The summed E-state index contributed by atoms with van der Waals surface area (Å²) in [6.07, 6.45) is 0.466. The number of hydrogen-bond acceptors (Lipinski definition) is 1. The molecule has 1 atom stereocenters. The van der Waals surface area contributed by atoms with Gasteiger partial charge in [-0.05, 0) is 48.2 Å². The molecule has 0 aliphatic heterocycles. The van der Waals surface area contributed by atoms with Crippen molar-refractivity contribution >= 4 is 11.6 Å². The van der Waals surface area contributed by atoms with Crippen LogP contribution in [-0.4, -0.2) is 0 Å². The summed E-state index contributed by atoms with van der Waals surface area (Å²) in [6, 6.07) is 12.1. The van der Waals surface area contributed by atoms with Gasteiger partial charge in [0.1, 0.15) is 5.82 Å². The van der Waals surface area contributed by atoms with Crippen LogP contribution in [0.3, 0.4) is 0 Å². The van der Waals surface area contributed by atoms with E-state index >= 15 is 0 Å². The molecule has 0 spiro atoms. The fraction of sp³-hybridized carbons (Fsp3) is 0.200. The van der Waals surface area contributed by atoms with Gasteiger partial charge in [-0.25, -0.2) is 4.39 Å². The van der Waals surface area contributed by atoms with Gasteiger partial charge in [0.25, 0.3) is 0 Å². The second kappa shape index (κ2) is 5.51. The average Bonchev–Trinajstić information content (AvgIpc) is 2.35. The quantitative estimate of drug-likeness (QED) is 0.889. The minimum atomic E-state index is -0.249. The lowest BCUT2D eigenvalue weighted by molar-refractivity contribution is 0.593. The molecule has 2 rings (SSSR count). The Hall–Kier alpha value is -1.38. The molecule has 0 radical (unpaired) electrons. The van der Waals surface area contributed by atoms with E-state index in [9.17, 15) is 4.39 Å². The molecule has 94 valence electrons. The van der Waals surface area contributed by atoms with Crippen LogP contribution in [0, 0.1) is 12.7 Å². The van der Waals surface area contributed by atoms with Crippen molar-refractivity contribution in [1.29, 1.82) is 0 Å². The fourth-order valence-electron chi connectivity index (χ4n) is 2.02. The zero-order chi connectivity index (χ0) is 13.1. The van der Waals surface area contributed by atoms with Crippen LogP contribution in [0.15, 0.2) is 42.5 Å². The summed E-state index contributed by atoms with van der Waals surface area (Å²) < 4.78 is 13.6. The van der Waals surface area contributed by atoms with Gasteiger partial charge in [-0.1, -0.05) is 35.9 Å². The number of aryl methyl sites for hydroxylation is 1. The maximum Gasteiger partial charge on any atom is 0.126 e. The second-order valence-corrected chi connectivity index (χ2v) is 4.84. The normalized spacial score (nSPS) is 12.4. The summed E-state index contributed by atoms with van der Waals surface area (Å²) in [6.45, 7) is 1.98. The largest absolute Gasteiger partial charge is 0.324 e. The van der Waals surface area contributed by atoms with Crippen molar-refractivity contribution in [3.8, 4) is 0 Å². The van der Waals surface area contributed by atoms with Crippen molar-refractivity contribution in [3.05, 3.63) is 70.0 Å². The molecule has 2 aromatic carbocycles. The maximum atomic E-state index is 13.6. The van der Waals surface area contributed by atoms with E-state index in [2.05, 4.69) is 0 Å². The molecule has 3 heteroatoms. The van der Waals surface area contributed by atoms with Crippen LogP contribution in [0.5, 0.6) is 0 Å². The first-order valence-corrected chi connectivity index (χ1v) is 6.21. The molecule has 18 heavy (non-hydrogen) atoms. The average molecular weight is 264 g/mol. The topological polar surface area (TPSA) is 26.0 Å². The molecule has 0 heterocycles. The molecule has 1 nitrogen and oxygen atoms in total. The lowest BCUT2D eigenvalue weighted by Crippen LogP contribution is -2.15. The Morgan fingerprint density at radius 1 is 1.22 bits per heavy atom. The Morgan fingerprint density at radius 3 is 2.67 bits per heavy atom. The van der Waals surface area contributed by atoms with Crippen molar-refractivity contribution in [1.82, 2.24) is 0 Å². The summed E-state index contributed by atoms with van der Waals surface area (Å²) in [7, 11) is 0. The van der Waals surface area contributed by atoms with Crippen LogP contribution in [-0.2, 0) is 6.42 Å². The Kier molecular flexibility index (Phi) is 4.00. The Bertz CT molecular complexity index is 554. The first-order chi connectivity index (χ1) is 8.58. The number of nitrogens with two attached hydrogens (primary N) is 1. The fourth-order valence-corrected chi connectivity index (χ4v) is 2.20. The van der Waals surface area contributed by atoms with E-state index in [1.54, 1.807) is 12.1 Å². The summed E-state index contributed by atoms with van der Waals surface area (Å²) in [4.78, 5) is 0. The van der Waals surface area contributed by atoms with Gasteiger partial charge in [0.15, 0.2) is 0 Å². The number of hydrogen-bond donors (Lipinski definition) is 1. The van der Waals surface area contributed by atoms with E-state index in [-0.39, 0.29) is 11.9 Å². The first-order valence-electron chi connectivity index (χ1n) is 5.83. The Labute approximate surface area is 111 Å². The zero-order valence-corrected chi connectivity index (χ0v) is 10.9. The molecule has 0 aliphatic carbocycles. The summed E-state index contributed by atoms with van der Waals surface area (Å²) in [5.74, 6) is -0.215. The smallest absolute Gasteiger partial charge is 0.126 e. The van der Waals surface area contributed by atoms with Crippen molar-refractivity contribution < 1.29 is 4.39 Å². The minimum absolute atomic E-state index is 0.215. The lowest BCUT2D eigenvalue weighted by atomic mass is 9.96. The van der Waals surface area contributed by atoms with E-state index < -0.39 is 0 Å². The van der Waals surface area contributed by atoms with Gasteiger partial charge in [0.05, 0.1) is 0 Å². The highest BCUT2D eigenvalue weighted by molar-refractivity contribution is 6.30. The molecule has 2 aromatic rings. The van der Waals surface area contributed by atoms with Crippen LogP contribution in [0.2, 0.25) is 5.02 Å². The van der Waals surface area contributed by atoms with E-state index in [1.165, 1.54) is 6.07 Å². The predicted octanol–water partition coefficient (Wildman–Crippen LogP) is 4.03. The standard InChI is InChI=1S/C15H15ClFN/c1-10-6-7-12(16)9-13(10)15(18)8-11-4-2-3-5-14(11)17/h2-7,9,15H,8,18H2,1H3. The second-order valence-electron chi connectivity index (χ2n) is 4.40. The van der Waals surface area contributed by atoms with E-state index in [0.717, 1.165) is 11.1 Å². The number of rotatable bonds is 3. The van der Waals surface area contributed by atoms with E-state index in [1.807, 2.05) is 31.2 Å². The third-order valence-corrected chi connectivity index (χ3v) is 3.27. The van der Waals surface area contributed by atoms with Gasteiger partial charge in [-0.15, -0.1) is 0 Å². The summed E-state index contributed by atoms with van der Waals surface area (Å²) >= 11 is 5.97. The molecule has 0 fully saturated rings. The van der Waals surface area contributed by atoms with Crippen molar-refractivity contribution in [2.75, 3.05) is 0 Å². The molecule has 1 unspecified atom stereocenters. The molecule has 0 aliphatic rings. The third-order valence-electron chi connectivity index (χ3n) is 3.04. The zero-order valence-electron chi connectivity index (χ0n) is 10.2. The highest BCUT2D eigenvalue weighted by Gasteiger charge is 2.12. The van der Waals surface area contributed by atoms with E-state index in [4.69, 9.17) is 17.3 Å². The van der Waals surface area contributed by atoms with Gasteiger partial charge < -0.3 is 5.73 Å². The third kappa shape index (κ3) is 2.89. The van der Waals surface area contributed by atoms with Gasteiger partial charge >= 0.3 is 0 Å². The van der Waals surface area contributed by atoms with Gasteiger partial charge in [0, 0.05) is 11.1 Å².